The van der Waals surface area contributed by atoms with Crippen LogP contribution in [0.4, 0.5) is 15.8 Å². The number of hydrogen-bond donors (Lipinski definition) is 1. The Balaban J connectivity index is 2.33. The molecule has 0 aliphatic heterocycles. The van der Waals surface area contributed by atoms with E-state index in [0.717, 1.165) is 5.56 Å². The number of halogens is 1. The number of nitrogens with zero attached hydrogens (tertiary/aromatic N) is 1. The molecule has 0 radical (unpaired) electrons. The molecule has 6 heteroatoms. The summed E-state index contributed by atoms with van der Waals surface area (Å²) in [6.45, 7) is 1.76. The first-order valence-electron chi connectivity index (χ1n) is 5.45. The quantitative estimate of drug-likeness (QED) is 0.522. The maximum Gasteiger partial charge on any atom is 0.271 e. The predicted molar refractivity (Wildman–Crippen MR) is 68.7 cm³/mol. The molecule has 5 nitrogen and oxygen atoms in total. The van der Waals surface area contributed by atoms with E-state index >= 15 is 0 Å². The van der Waals surface area contributed by atoms with Gasteiger partial charge in [0.1, 0.15) is 11.6 Å². The Hall–Kier alpha value is -2.63. The van der Waals surface area contributed by atoms with Crippen molar-refractivity contribution >= 4 is 11.4 Å². The van der Waals surface area contributed by atoms with E-state index in [4.69, 9.17) is 10.5 Å². The van der Waals surface area contributed by atoms with Crippen LogP contribution in [0.2, 0.25) is 0 Å². The van der Waals surface area contributed by atoms with Crippen LogP contribution in [-0.2, 0) is 0 Å². The summed E-state index contributed by atoms with van der Waals surface area (Å²) in [5.74, 6) is 0.140. The zero-order valence-corrected chi connectivity index (χ0v) is 10.1. The smallest absolute Gasteiger partial charge is 0.271 e. The number of benzene rings is 2. The summed E-state index contributed by atoms with van der Waals surface area (Å²) in [6.07, 6.45) is 0. The monoisotopic (exact) mass is 262 g/mol. The molecule has 2 aromatic rings. The number of aryl methyl sites for hydroxylation is 1. The predicted octanol–water partition coefficient (Wildman–Crippen LogP) is 3.42. The lowest BCUT2D eigenvalue weighted by Gasteiger charge is -2.10. The highest BCUT2D eigenvalue weighted by Gasteiger charge is 2.11. The van der Waals surface area contributed by atoms with Crippen molar-refractivity contribution in [1.82, 2.24) is 0 Å². The minimum Gasteiger partial charge on any atom is -0.455 e. The molecule has 0 aromatic heterocycles. The van der Waals surface area contributed by atoms with Crippen molar-refractivity contribution in [3.8, 4) is 11.5 Å². The SMILES string of the molecule is Cc1ccc(F)cc1Oc1ccc([N+](=O)[O-])cc1N. The maximum atomic E-state index is 13.1. The van der Waals surface area contributed by atoms with Gasteiger partial charge in [-0.25, -0.2) is 4.39 Å². The van der Waals surface area contributed by atoms with Crippen molar-refractivity contribution in [2.45, 2.75) is 6.92 Å². The van der Waals surface area contributed by atoms with E-state index in [0.29, 0.717) is 5.75 Å². The number of hydrogen-bond acceptors (Lipinski definition) is 4. The summed E-state index contributed by atoms with van der Waals surface area (Å²) in [4.78, 5) is 10.0. The highest BCUT2D eigenvalue weighted by molar-refractivity contribution is 5.59. The fourth-order valence-corrected chi connectivity index (χ4v) is 1.54. The zero-order valence-electron chi connectivity index (χ0n) is 10.1. The molecule has 0 heterocycles. The lowest BCUT2D eigenvalue weighted by Crippen LogP contribution is -1.96. The molecule has 2 rings (SSSR count). The Morgan fingerprint density at radius 2 is 1.95 bits per heavy atom. The fraction of sp³-hybridized carbons (Fsp3) is 0.0769. The molecule has 0 unspecified atom stereocenters. The number of nitro benzene ring substituents is 1. The van der Waals surface area contributed by atoms with Gasteiger partial charge in [-0.05, 0) is 24.6 Å². The average Bonchev–Trinajstić information content (AvgIpc) is 2.36. The van der Waals surface area contributed by atoms with Crippen molar-refractivity contribution in [2.75, 3.05) is 5.73 Å². The fourth-order valence-electron chi connectivity index (χ4n) is 1.54. The van der Waals surface area contributed by atoms with Crippen molar-refractivity contribution < 1.29 is 14.1 Å². The first kappa shape index (κ1) is 12.8. The van der Waals surface area contributed by atoms with Gasteiger partial charge < -0.3 is 10.5 Å². The van der Waals surface area contributed by atoms with Gasteiger partial charge in [0.2, 0.25) is 0 Å². The summed E-state index contributed by atoms with van der Waals surface area (Å²) in [5, 5.41) is 10.6. The third-order valence-electron chi connectivity index (χ3n) is 2.57. The molecule has 0 amide bonds. The highest BCUT2D eigenvalue weighted by atomic mass is 19.1. The van der Waals surface area contributed by atoms with Gasteiger partial charge in [0.15, 0.2) is 5.75 Å². The Kier molecular flexibility index (Phi) is 3.33. The second kappa shape index (κ2) is 4.93. The standard InChI is InChI=1S/C13H11FN2O3/c1-8-2-3-9(14)6-13(8)19-12-5-4-10(16(17)18)7-11(12)15/h2-7H,15H2,1H3. The van der Waals surface area contributed by atoms with Crippen LogP contribution < -0.4 is 10.5 Å². The molecule has 0 fully saturated rings. The first-order chi connectivity index (χ1) is 8.97. The average molecular weight is 262 g/mol. The molecule has 2 N–H and O–H groups in total. The van der Waals surface area contributed by atoms with Gasteiger partial charge in [-0.1, -0.05) is 6.07 Å². The first-order valence-corrected chi connectivity index (χ1v) is 5.45. The normalized spacial score (nSPS) is 10.2. The van der Waals surface area contributed by atoms with Crippen LogP contribution in [0.1, 0.15) is 5.56 Å². The number of nitrogens with two attached hydrogens (primary N) is 1. The zero-order chi connectivity index (χ0) is 14.0. The van der Waals surface area contributed by atoms with Crippen LogP contribution in [0, 0.1) is 22.9 Å². The summed E-state index contributed by atoms with van der Waals surface area (Å²) in [5.41, 5.74) is 6.41. The molecule has 0 aliphatic carbocycles. The number of non-ortho nitro benzene ring substituents is 1. The largest absolute Gasteiger partial charge is 0.455 e. The van der Waals surface area contributed by atoms with Gasteiger partial charge in [0, 0.05) is 18.2 Å². The summed E-state index contributed by atoms with van der Waals surface area (Å²) in [7, 11) is 0. The Morgan fingerprint density at radius 3 is 2.58 bits per heavy atom. The molecule has 2 aromatic carbocycles. The molecular formula is C13H11FN2O3. The summed E-state index contributed by atoms with van der Waals surface area (Å²) >= 11 is 0. The number of nitro groups is 1. The second-order valence-corrected chi connectivity index (χ2v) is 3.99. The lowest BCUT2D eigenvalue weighted by molar-refractivity contribution is -0.384. The van der Waals surface area contributed by atoms with Gasteiger partial charge in [-0.15, -0.1) is 0 Å². The van der Waals surface area contributed by atoms with E-state index in [-0.39, 0.29) is 17.1 Å². The molecule has 19 heavy (non-hydrogen) atoms. The topological polar surface area (TPSA) is 78.4 Å². The third kappa shape index (κ3) is 2.79. The maximum absolute atomic E-state index is 13.1. The van der Waals surface area contributed by atoms with Crippen molar-refractivity contribution in [2.24, 2.45) is 0 Å². The van der Waals surface area contributed by atoms with Crippen LogP contribution in [0.25, 0.3) is 0 Å². The second-order valence-electron chi connectivity index (χ2n) is 3.99. The van der Waals surface area contributed by atoms with Crippen LogP contribution in [0.3, 0.4) is 0 Å². The molecule has 0 saturated heterocycles. The molecule has 0 aliphatic rings. The molecule has 0 atom stereocenters. The number of ether oxygens (including phenoxy) is 1. The van der Waals surface area contributed by atoms with E-state index in [9.17, 15) is 14.5 Å². The van der Waals surface area contributed by atoms with Crippen LogP contribution in [0.15, 0.2) is 36.4 Å². The van der Waals surface area contributed by atoms with Crippen molar-refractivity contribution in [3.63, 3.8) is 0 Å². The van der Waals surface area contributed by atoms with E-state index in [1.165, 1.54) is 30.3 Å². The van der Waals surface area contributed by atoms with Gasteiger partial charge in [-0.2, -0.15) is 0 Å². The van der Waals surface area contributed by atoms with E-state index in [1.807, 2.05) is 0 Å². The molecular weight excluding hydrogens is 251 g/mol. The van der Waals surface area contributed by atoms with E-state index in [2.05, 4.69) is 0 Å². The van der Waals surface area contributed by atoms with Crippen LogP contribution in [0.5, 0.6) is 11.5 Å². The number of rotatable bonds is 3. The minimum atomic E-state index is -0.548. The number of nitrogen functional groups attached to an aromatic ring is 1. The number of anilines is 1. The van der Waals surface area contributed by atoms with Crippen molar-refractivity contribution in [3.05, 3.63) is 57.9 Å². The van der Waals surface area contributed by atoms with Gasteiger partial charge in [0.05, 0.1) is 10.6 Å². The molecule has 98 valence electrons. The van der Waals surface area contributed by atoms with E-state index in [1.54, 1.807) is 13.0 Å². The van der Waals surface area contributed by atoms with Crippen molar-refractivity contribution in [1.29, 1.82) is 0 Å². The minimum absolute atomic E-state index is 0.123. The van der Waals surface area contributed by atoms with Crippen LogP contribution in [-0.4, -0.2) is 4.92 Å². The summed E-state index contributed by atoms with van der Waals surface area (Å²) < 4.78 is 18.6. The molecule has 0 spiro atoms. The van der Waals surface area contributed by atoms with Gasteiger partial charge in [0.25, 0.3) is 5.69 Å². The lowest BCUT2D eigenvalue weighted by atomic mass is 10.2. The summed E-state index contributed by atoms with van der Waals surface area (Å²) in [6, 6.07) is 7.99. The molecule has 0 bridgehead atoms. The molecule has 0 saturated carbocycles. The third-order valence-corrected chi connectivity index (χ3v) is 2.57. The Morgan fingerprint density at radius 1 is 1.21 bits per heavy atom. The Labute approximate surface area is 108 Å². The highest BCUT2D eigenvalue weighted by Crippen LogP contribution is 2.32. The Bertz CT molecular complexity index is 644. The van der Waals surface area contributed by atoms with Gasteiger partial charge in [-0.3, -0.25) is 10.1 Å². The van der Waals surface area contributed by atoms with E-state index < -0.39 is 10.7 Å². The van der Waals surface area contributed by atoms with Gasteiger partial charge >= 0.3 is 0 Å². The van der Waals surface area contributed by atoms with Crippen LogP contribution >= 0.6 is 0 Å².